The molecule has 0 amide bonds. The predicted molar refractivity (Wildman–Crippen MR) is 70.9 cm³/mol. The molecule has 0 unspecified atom stereocenters. The lowest BCUT2D eigenvalue weighted by atomic mass is 10.1. The number of nitrogens with two attached hydrogens (primary N) is 1. The Balaban J connectivity index is 2.08. The number of hydrogen-bond acceptors (Lipinski definition) is 2. The first-order valence-electron chi connectivity index (χ1n) is 6.20. The quantitative estimate of drug-likeness (QED) is 0.777. The van der Waals surface area contributed by atoms with Gasteiger partial charge >= 0.3 is 0 Å². The Kier molecular flexibility index (Phi) is 4.18. The smallest absolute Gasteiger partial charge is 0.0645 e. The Hall–Kier alpha value is -1.32. The van der Waals surface area contributed by atoms with Crippen molar-refractivity contribution in [2.45, 2.75) is 26.4 Å². The molecule has 0 aliphatic carbocycles. The van der Waals surface area contributed by atoms with Gasteiger partial charge in [0.05, 0.1) is 6.61 Å². The largest absolute Gasteiger partial charge is 0.380 e. The number of fused-ring (bicyclic) bond motifs is 1. The lowest BCUT2D eigenvalue weighted by molar-refractivity contribution is 0.127. The fourth-order valence-electron chi connectivity index (χ4n) is 1.98. The summed E-state index contributed by atoms with van der Waals surface area (Å²) in [6.45, 7) is 5.25. The predicted octanol–water partition coefficient (Wildman–Crippen LogP) is 2.53. The average molecular weight is 232 g/mol. The van der Waals surface area contributed by atoms with E-state index in [0.29, 0.717) is 6.54 Å². The zero-order chi connectivity index (χ0) is 12.1. The lowest BCUT2D eigenvalue weighted by Crippen LogP contribution is -2.05. The normalized spacial score (nSPS) is 11.2. The van der Waals surface area contributed by atoms with Crippen LogP contribution < -0.4 is 5.73 Å². The van der Waals surface area contributed by atoms with Crippen LogP contribution in [-0.2, 0) is 17.8 Å². The van der Waals surface area contributed by atoms with Gasteiger partial charge in [0.1, 0.15) is 0 Å². The van der Waals surface area contributed by atoms with E-state index in [0.717, 1.165) is 26.2 Å². The minimum absolute atomic E-state index is 0.598. The molecule has 2 aromatic rings. The lowest BCUT2D eigenvalue weighted by Gasteiger charge is -2.06. The third-order valence-electron chi connectivity index (χ3n) is 2.90. The number of aromatic nitrogens is 1. The molecule has 3 heteroatoms. The first-order valence-corrected chi connectivity index (χ1v) is 6.20. The van der Waals surface area contributed by atoms with Crippen molar-refractivity contribution in [1.29, 1.82) is 0 Å². The number of rotatable bonds is 6. The van der Waals surface area contributed by atoms with Gasteiger partial charge in [0.2, 0.25) is 0 Å². The van der Waals surface area contributed by atoms with E-state index in [-0.39, 0.29) is 0 Å². The molecule has 3 nitrogen and oxygen atoms in total. The number of nitrogens with zero attached hydrogens (tertiary/aromatic N) is 1. The van der Waals surface area contributed by atoms with Crippen LogP contribution in [0.2, 0.25) is 0 Å². The highest BCUT2D eigenvalue weighted by Gasteiger charge is 2.01. The second kappa shape index (κ2) is 5.84. The van der Waals surface area contributed by atoms with Gasteiger partial charge in [-0.3, -0.25) is 0 Å². The summed E-state index contributed by atoms with van der Waals surface area (Å²) in [6.07, 6.45) is 3.19. The summed E-state index contributed by atoms with van der Waals surface area (Å²) in [5.74, 6) is 0. The fourth-order valence-corrected chi connectivity index (χ4v) is 1.98. The summed E-state index contributed by atoms with van der Waals surface area (Å²) >= 11 is 0. The van der Waals surface area contributed by atoms with Crippen LogP contribution in [0.3, 0.4) is 0 Å². The maximum absolute atomic E-state index is 5.63. The van der Waals surface area contributed by atoms with Crippen LogP contribution in [0.15, 0.2) is 30.5 Å². The molecule has 0 fully saturated rings. The Morgan fingerprint density at radius 1 is 1.24 bits per heavy atom. The van der Waals surface area contributed by atoms with Gasteiger partial charge in [-0.1, -0.05) is 13.0 Å². The van der Waals surface area contributed by atoms with Crippen molar-refractivity contribution in [3.63, 3.8) is 0 Å². The minimum Gasteiger partial charge on any atom is -0.380 e. The van der Waals surface area contributed by atoms with Crippen LogP contribution in [0.5, 0.6) is 0 Å². The average Bonchev–Trinajstić information content (AvgIpc) is 2.77. The van der Waals surface area contributed by atoms with Crippen molar-refractivity contribution >= 4 is 10.9 Å². The van der Waals surface area contributed by atoms with Gasteiger partial charge in [0, 0.05) is 31.4 Å². The molecule has 0 aliphatic heterocycles. The van der Waals surface area contributed by atoms with Gasteiger partial charge in [-0.15, -0.1) is 0 Å². The second-order valence-electron chi connectivity index (χ2n) is 4.22. The third kappa shape index (κ3) is 2.87. The van der Waals surface area contributed by atoms with Crippen molar-refractivity contribution in [2.24, 2.45) is 5.73 Å². The summed E-state index contributed by atoms with van der Waals surface area (Å²) in [5.41, 5.74) is 8.06. The molecule has 1 heterocycles. The first kappa shape index (κ1) is 12.1. The highest BCUT2D eigenvalue weighted by molar-refractivity contribution is 5.80. The Labute approximate surface area is 102 Å². The van der Waals surface area contributed by atoms with Gasteiger partial charge in [-0.25, -0.2) is 0 Å². The summed E-state index contributed by atoms with van der Waals surface area (Å²) < 4.78 is 7.74. The van der Waals surface area contributed by atoms with Crippen molar-refractivity contribution < 1.29 is 4.74 Å². The summed E-state index contributed by atoms with van der Waals surface area (Å²) in [7, 11) is 0. The highest BCUT2D eigenvalue weighted by atomic mass is 16.5. The number of ether oxygens (including phenoxy) is 1. The van der Waals surface area contributed by atoms with E-state index in [2.05, 4.69) is 42.0 Å². The monoisotopic (exact) mass is 232 g/mol. The molecule has 1 aromatic heterocycles. The van der Waals surface area contributed by atoms with E-state index in [1.54, 1.807) is 0 Å². The second-order valence-corrected chi connectivity index (χ2v) is 4.22. The minimum atomic E-state index is 0.598. The topological polar surface area (TPSA) is 40.2 Å². The van der Waals surface area contributed by atoms with E-state index in [1.807, 2.05) is 0 Å². The molecule has 0 saturated carbocycles. The van der Waals surface area contributed by atoms with E-state index in [9.17, 15) is 0 Å². The molecule has 0 spiro atoms. The molecular formula is C14H20N2O. The zero-order valence-electron chi connectivity index (χ0n) is 10.4. The maximum atomic E-state index is 5.63. The molecule has 0 atom stereocenters. The molecule has 1 aromatic carbocycles. The zero-order valence-corrected chi connectivity index (χ0v) is 10.4. The van der Waals surface area contributed by atoms with Crippen molar-refractivity contribution in [3.8, 4) is 0 Å². The molecule has 0 radical (unpaired) electrons. The summed E-state index contributed by atoms with van der Waals surface area (Å²) in [6, 6.07) is 8.51. The van der Waals surface area contributed by atoms with Gasteiger partial charge < -0.3 is 15.0 Å². The van der Waals surface area contributed by atoms with Crippen molar-refractivity contribution in [2.75, 3.05) is 13.2 Å². The van der Waals surface area contributed by atoms with E-state index in [4.69, 9.17) is 10.5 Å². The molecular weight excluding hydrogens is 212 g/mol. The summed E-state index contributed by atoms with van der Waals surface area (Å²) in [4.78, 5) is 0. The molecule has 92 valence electrons. The van der Waals surface area contributed by atoms with Gasteiger partial charge in [0.15, 0.2) is 0 Å². The maximum Gasteiger partial charge on any atom is 0.0645 e. The van der Waals surface area contributed by atoms with E-state index >= 15 is 0 Å². The van der Waals surface area contributed by atoms with Crippen molar-refractivity contribution in [1.82, 2.24) is 4.57 Å². The molecule has 0 saturated heterocycles. The van der Waals surface area contributed by atoms with Crippen molar-refractivity contribution in [3.05, 3.63) is 36.0 Å². The Bertz CT molecular complexity index is 476. The summed E-state index contributed by atoms with van der Waals surface area (Å²) in [5, 5.41) is 1.25. The van der Waals surface area contributed by atoms with Crippen LogP contribution in [0.4, 0.5) is 0 Å². The Morgan fingerprint density at radius 2 is 2.12 bits per heavy atom. The first-order chi connectivity index (χ1) is 8.35. The molecule has 2 N–H and O–H groups in total. The fraction of sp³-hybridized carbons (Fsp3) is 0.429. The van der Waals surface area contributed by atoms with Crippen LogP contribution in [0.1, 0.15) is 18.9 Å². The van der Waals surface area contributed by atoms with Gasteiger partial charge in [-0.05, 0) is 35.6 Å². The van der Waals surface area contributed by atoms with Gasteiger partial charge in [0.25, 0.3) is 0 Å². The number of hydrogen-bond donors (Lipinski definition) is 1. The van der Waals surface area contributed by atoms with Gasteiger partial charge in [-0.2, -0.15) is 0 Å². The number of benzene rings is 1. The molecule has 17 heavy (non-hydrogen) atoms. The van der Waals surface area contributed by atoms with E-state index < -0.39 is 0 Å². The molecule has 0 bridgehead atoms. The third-order valence-corrected chi connectivity index (χ3v) is 2.90. The Morgan fingerprint density at radius 3 is 2.88 bits per heavy atom. The van der Waals surface area contributed by atoms with E-state index in [1.165, 1.54) is 16.5 Å². The van der Waals surface area contributed by atoms with Crippen LogP contribution >= 0.6 is 0 Å². The van der Waals surface area contributed by atoms with Crippen LogP contribution in [-0.4, -0.2) is 17.8 Å². The molecule has 0 aliphatic rings. The standard InChI is InChI=1S/C14H20N2O/c1-2-8-17-9-7-16-6-5-13-10-12(11-15)3-4-14(13)16/h3-6,10H,2,7-9,11,15H2,1H3. The SMILES string of the molecule is CCCOCCn1ccc2cc(CN)ccc21. The van der Waals surface area contributed by atoms with Crippen LogP contribution in [0, 0.1) is 0 Å². The molecule has 2 rings (SSSR count). The highest BCUT2D eigenvalue weighted by Crippen LogP contribution is 2.17. The van der Waals surface area contributed by atoms with Crippen LogP contribution in [0.25, 0.3) is 10.9 Å².